The Morgan fingerprint density at radius 2 is 1.81 bits per heavy atom. The summed E-state index contributed by atoms with van der Waals surface area (Å²) in [5.74, 6) is 9.23. The fourth-order valence-corrected chi connectivity index (χ4v) is 5.45. The maximum absolute atomic E-state index is 5.61. The lowest BCUT2D eigenvalue weighted by molar-refractivity contribution is -0.0673. The minimum atomic E-state index is 0.434. The molecule has 4 fully saturated rings. The van der Waals surface area contributed by atoms with E-state index in [4.69, 9.17) is 10.6 Å². The highest BCUT2D eigenvalue weighted by atomic mass is 16.5. The third-order valence-electron chi connectivity index (χ3n) is 6.06. The Kier molecular flexibility index (Phi) is 4.41. The second-order valence-electron chi connectivity index (χ2n) is 7.51. The highest BCUT2D eigenvalue weighted by Gasteiger charge is 2.53. The number of hydrogen-bond acceptors (Lipinski definition) is 3. The maximum Gasteiger partial charge on any atom is 0.206 e. The molecule has 4 aliphatic rings. The molecule has 0 aliphatic heterocycles. The molecule has 0 amide bonds. The van der Waals surface area contributed by atoms with Gasteiger partial charge in [-0.3, -0.25) is 5.43 Å². The van der Waals surface area contributed by atoms with Gasteiger partial charge in [0.05, 0.1) is 13.2 Å². The van der Waals surface area contributed by atoms with Gasteiger partial charge in [-0.25, -0.2) is 10.8 Å². The predicted octanol–water partition coefficient (Wildman–Crippen LogP) is 1.65. The van der Waals surface area contributed by atoms with Crippen LogP contribution in [0.2, 0.25) is 0 Å². The highest BCUT2D eigenvalue weighted by Crippen LogP contribution is 2.61. The van der Waals surface area contributed by atoms with Gasteiger partial charge in [0, 0.05) is 13.2 Å². The first-order valence-electron chi connectivity index (χ1n) is 8.42. The zero-order chi connectivity index (χ0) is 14.9. The van der Waals surface area contributed by atoms with Crippen molar-refractivity contribution >= 4 is 5.96 Å². The Bertz CT molecular complexity index is 360. The van der Waals surface area contributed by atoms with Crippen molar-refractivity contribution in [2.75, 3.05) is 20.3 Å². The van der Waals surface area contributed by atoms with E-state index in [0.717, 1.165) is 17.8 Å². The van der Waals surface area contributed by atoms with E-state index in [2.05, 4.69) is 22.7 Å². The summed E-state index contributed by atoms with van der Waals surface area (Å²) in [5, 5.41) is 3.54. The molecule has 0 radical (unpaired) electrons. The molecule has 0 saturated heterocycles. The summed E-state index contributed by atoms with van der Waals surface area (Å²) in [4.78, 5) is 4.44. The van der Waals surface area contributed by atoms with Crippen molar-refractivity contribution in [3.8, 4) is 0 Å². The van der Waals surface area contributed by atoms with E-state index in [1.54, 1.807) is 7.11 Å². The average molecular weight is 294 g/mol. The fraction of sp³-hybridized carbons (Fsp3) is 0.938. The molecule has 120 valence electrons. The molecule has 4 saturated carbocycles. The Morgan fingerprint density at radius 1 is 1.24 bits per heavy atom. The second-order valence-corrected chi connectivity index (χ2v) is 7.51. The van der Waals surface area contributed by atoms with Gasteiger partial charge in [-0.1, -0.05) is 0 Å². The third-order valence-corrected chi connectivity index (χ3v) is 6.06. The zero-order valence-electron chi connectivity index (χ0n) is 13.4. The molecule has 0 aromatic carbocycles. The van der Waals surface area contributed by atoms with E-state index >= 15 is 0 Å². The minimum absolute atomic E-state index is 0.434. The van der Waals surface area contributed by atoms with Crippen LogP contribution in [0.4, 0.5) is 0 Å². The molecule has 5 nitrogen and oxygen atoms in total. The number of nitrogens with one attached hydrogen (secondary N) is 2. The number of aliphatic imine (C=N–C) groups is 1. The number of ether oxygens (including phenoxy) is 1. The molecule has 0 heterocycles. The van der Waals surface area contributed by atoms with Gasteiger partial charge in [0.2, 0.25) is 5.96 Å². The first-order chi connectivity index (χ1) is 10.1. The number of nitrogens with two attached hydrogens (primary N) is 1. The van der Waals surface area contributed by atoms with Crippen LogP contribution in [0.1, 0.15) is 45.4 Å². The summed E-state index contributed by atoms with van der Waals surface area (Å²) < 4.78 is 5.04. The van der Waals surface area contributed by atoms with E-state index in [0.29, 0.717) is 30.6 Å². The van der Waals surface area contributed by atoms with Crippen LogP contribution in [0.15, 0.2) is 4.99 Å². The number of hydrazine groups is 1. The number of rotatable bonds is 5. The Morgan fingerprint density at radius 3 is 2.29 bits per heavy atom. The smallest absolute Gasteiger partial charge is 0.206 e. The van der Waals surface area contributed by atoms with Crippen molar-refractivity contribution in [3.05, 3.63) is 0 Å². The predicted molar refractivity (Wildman–Crippen MR) is 84.7 cm³/mol. The van der Waals surface area contributed by atoms with Crippen molar-refractivity contribution < 1.29 is 4.74 Å². The highest BCUT2D eigenvalue weighted by molar-refractivity contribution is 5.79. The normalized spacial score (nSPS) is 39.4. The van der Waals surface area contributed by atoms with E-state index in [-0.39, 0.29) is 0 Å². The molecule has 0 aromatic rings. The summed E-state index contributed by atoms with van der Waals surface area (Å²) >= 11 is 0. The molecular formula is C16H30N4O. The van der Waals surface area contributed by atoms with Crippen LogP contribution in [-0.4, -0.2) is 32.3 Å². The number of hydrogen-bond donors (Lipinski definition) is 3. The fourth-order valence-electron chi connectivity index (χ4n) is 5.45. The quantitative estimate of drug-likeness (QED) is 0.237. The topological polar surface area (TPSA) is 71.7 Å². The molecular weight excluding hydrogens is 264 g/mol. The molecule has 1 unspecified atom stereocenters. The van der Waals surface area contributed by atoms with Gasteiger partial charge in [0.25, 0.3) is 0 Å². The van der Waals surface area contributed by atoms with Crippen molar-refractivity contribution in [1.82, 2.24) is 10.7 Å². The van der Waals surface area contributed by atoms with Crippen LogP contribution in [0.5, 0.6) is 0 Å². The van der Waals surface area contributed by atoms with Gasteiger partial charge in [0.1, 0.15) is 0 Å². The van der Waals surface area contributed by atoms with Crippen molar-refractivity contribution in [1.29, 1.82) is 0 Å². The molecule has 4 bridgehead atoms. The van der Waals surface area contributed by atoms with Crippen LogP contribution in [0, 0.1) is 23.2 Å². The lowest BCUT2D eigenvalue weighted by Gasteiger charge is -2.59. The molecule has 1 atom stereocenters. The van der Waals surface area contributed by atoms with Crippen LogP contribution >= 0.6 is 0 Å². The molecule has 0 spiro atoms. The lowest BCUT2D eigenvalue weighted by Crippen LogP contribution is -2.58. The van der Waals surface area contributed by atoms with Crippen molar-refractivity contribution in [2.24, 2.45) is 34.0 Å². The number of methoxy groups -OCH3 is 1. The largest absolute Gasteiger partial charge is 0.383 e. The molecule has 4 aliphatic carbocycles. The first kappa shape index (κ1) is 15.1. The molecule has 0 aromatic heterocycles. The van der Waals surface area contributed by atoms with Gasteiger partial charge in [-0.15, -0.1) is 0 Å². The zero-order valence-corrected chi connectivity index (χ0v) is 13.4. The summed E-state index contributed by atoms with van der Waals surface area (Å²) in [5.41, 5.74) is 3.17. The van der Waals surface area contributed by atoms with Gasteiger partial charge >= 0.3 is 0 Å². The van der Waals surface area contributed by atoms with Crippen molar-refractivity contribution in [3.63, 3.8) is 0 Å². The van der Waals surface area contributed by atoms with Crippen LogP contribution < -0.4 is 16.6 Å². The lowest BCUT2D eigenvalue weighted by atomic mass is 9.48. The van der Waals surface area contributed by atoms with Gasteiger partial charge in [-0.2, -0.15) is 0 Å². The Hall–Kier alpha value is -0.810. The molecule has 5 heteroatoms. The van der Waals surface area contributed by atoms with Crippen LogP contribution in [0.3, 0.4) is 0 Å². The first-order valence-corrected chi connectivity index (χ1v) is 8.42. The van der Waals surface area contributed by atoms with Crippen LogP contribution in [-0.2, 0) is 4.74 Å². The second kappa shape index (κ2) is 6.13. The van der Waals surface area contributed by atoms with E-state index < -0.39 is 0 Å². The van der Waals surface area contributed by atoms with Gasteiger partial charge < -0.3 is 10.1 Å². The summed E-state index contributed by atoms with van der Waals surface area (Å²) in [7, 11) is 1.69. The molecule has 4 rings (SSSR count). The Balaban J connectivity index is 1.64. The van der Waals surface area contributed by atoms with Crippen molar-refractivity contribution in [2.45, 2.75) is 51.5 Å². The SMILES string of the molecule is COCCN=C(NN)NC(C)C12CC3CC(CC(C3)C1)C2. The van der Waals surface area contributed by atoms with Crippen LogP contribution in [0.25, 0.3) is 0 Å². The van der Waals surface area contributed by atoms with Gasteiger partial charge in [-0.05, 0) is 68.6 Å². The summed E-state index contributed by atoms with van der Waals surface area (Å²) in [6.07, 6.45) is 8.62. The average Bonchev–Trinajstić information content (AvgIpc) is 2.44. The molecule has 21 heavy (non-hydrogen) atoms. The minimum Gasteiger partial charge on any atom is -0.383 e. The Labute approximate surface area is 128 Å². The third kappa shape index (κ3) is 3.04. The van der Waals surface area contributed by atoms with Gasteiger partial charge in [0.15, 0.2) is 0 Å². The molecule has 4 N–H and O–H groups in total. The maximum atomic E-state index is 5.61. The summed E-state index contributed by atoms with van der Waals surface area (Å²) in [6, 6.07) is 0.434. The monoisotopic (exact) mass is 294 g/mol. The summed E-state index contributed by atoms with van der Waals surface area (Å²) in [6.45, 7) is 3.57. The van der Waals surface area contributed by atoms with E-state index in [9.17, 15) is 0 Å². The number of nitrogens with zero attached hydrogens (tertiary/aromatic N) is 1. The van der Waals surface area contributed by atoms with E-state index in [1.807, 2.05) is 0 Å². The standard InChI is InChI=1S/C16H30N4O/c1-11(19-15(20-17)18-3-4-21-2)16-8-12-5-13(9-16)7-14(6-12)10-16/h11-14H,3-10,17H2,1-2H3,(H2,18,19,20). The number of guanidine groups is 1. The van der Waals surface area contributed by atoms with E-state index in [1.165, 1.54) is 38.5 Å².